The maximum absolute atomic E-state index is 13.0. The number of nitrogens with zero attached hydrogens (tertiary/aromatic N) is 2. The average molecular weight is 402 g/mol. The van der Waals surface area contributed by atoms with E-state index in [2.05, 4.69) is 4.98 Å². The Morgan fingerprint density at radius 2 is 2.00 bits per heavy atom. The molecule has 1 aliphatic rings. The normalized spacial score (nSPS) is 14.3. The van der Waals surface area contributed by atoms with Crippen LogP contribution in [0, 0.1) is 11.3 Å². The zero-order chi connectivity index (χ0) is 20.2. The van der Waals surface area contributed by atoms with Gasteiger partial charge in [-0.15, -0.1) is 11.3 Å². The van der Waals surface area contributed by atoms with Gasteiger partial charge in [-0.1, -0.05) is 36.4 Å². The number of Topliss-reactive ketones (excluding diaryl/α,β-unsaturated/α-hetero) is 1. The first-order chi connectivity index (χ1) is 14.2. The molecule has 1 aliphatic carbocycles. The van der Waals surface area contributed by atoms with Crippen LogP contribution in [0.2, 0.25) is 0 Å². The van der Waals surface area contributed by atoms with Gasteiger partial charge in [0.1, 0.15) is 11.1 Å². The summed E-state index contributed by atoms with van der Waals surface area (Å²) in [5.41, 5.74) is 3.52. The Bertz CT molecular complexity index is 1130. The maximum atomic E-state index is 13.0. The van der Waals surface area contributed by atoms with Crippen molar-refractivity contribution in [1.82, 2.24) is 4.98 Å². The second-order valence-corrected chi connectivity index (χ2v) is 7.52. The van der Waals surface area contributed by atoms with E-state index in [1.54, 1.807) is 13.2 Å². The van der Waals surface area contributed by atoms with Crippen LogP contribution < -0.4 is 9.47 Å². The second kappa shape index (κ2) is 8.29. The predicted octanol–water partition coefficient (Wildman–Crippen LogP) is 4.93. The fraction of sp³-hybridized carbons (Fsp3) is 0.174. The number of carbonyl (C=O) groups excluding carboxylic acids is 1. The standard InChI is InChI=1S/C23H18N2O3S/c1-27-20-14-15(7-10-19(20)28-12-11-24)13-17-8-9-18-22(21(17)26)29-23(25-18)16-5-3-2-4-6-16/h2-7,10,13-14H,8-9,12H2,1H3/b17-13+. The van der Waals surface area contributed by atoms with Crippen LogP contribution in [0.4, 0.5) is 0 Å². The predicted molar refractivity (Wildman–Crippen MR) is 112 cm³/mol. The molecule has 144 valence electrons. The Hall–Kier alpha value is -3.43. The quantitative estimate of drug-likeness (QED) is 0.566. The molecule has 0 spiro atoms. The lowest BCUT2D eigenvalue weighted by Crippen LogP contribution is -2.12. The molecule has 3 aromatic rings. The molecule has 29 heavy (non-hydrogen) atoms. The monoisotopic (exact) mass is 402 g/mol. The molecule has 1 heterocycles. The molecule has 0 radical (unpaired) electrons. The van der Waals surface area contributed by atoms with E-state index in [0.29, 0.717) is 17.9 Å². The third-order valence-electron chi connectivity index (χ3n) is 4.67. The van der Waals surface area contributed by atoms with E-state index in [-0.39, 0.29) is 12.4 Å². The molecule has 0 N–H and O–H groups in total. The van der Waals surface area contributed by atoms with E-state index >= 15 is 0 Å². The van der Waals surface area contributed by atoms with Gasteiger partial charge >= 0.3 is 0 Å². The van der Waals surface area contributed by atoms with Gasteiger partial charge in [0.25, 0.3) is 0 Å². The molecule has 2 aromatic carbocycles. The highest BCUT2D eigenvalue weighted by Crippen LogP contribution is 2.36. The van der Waals surface area contributed by atoms with Crippen molar-refractivity contribution < 1.29 is 14.3 Å². The number of nitriles is 1. The molecular formula is C23H18N2O3S. The van der Waals surface area contributed by atoms with Crippen LogP contribution in [0.25, 0.3) is 16.6 Å². The summed E-state index contributed by atoms with van der Waals surface area (Å²) in [6.45, 7) is -0.0484. The van der Waals surface area contributed by atoms with Gasteiger partial charge in [-0.3, -0.25) is 4.79 Å². The Morgan fingerprint density at radius 1 is 1.17 bits per heavy atom. The number of allylic oxidation sites excluding steroid dienone is 1. The van der Waals surface area contributed by atoms with E-state index < -0.39 is 0 Å². The summed E-state index contributed by atoms with van der Waals surface area (Å²) in [6.07, 6.45) is 3.29. The van der Waals surface area contributed by atoms with Crippen molar-refractivity contribution in [2.75, 3.05) is 13.7 Å². The third-order valence-corrected chi connectivity index (χ3v) is 5.81. The van der Waals surface area contributed by atoms with Crippen molar-refractivity contribution >= 4 is 23.2 Å². The number of carbonyl (C=O) groups is 1. The molecule has 0 atom stereocenters. The van der Waals surface area contributed by atoms with Gasteiger partial charge in [-0.05, 0) is 36.6 Å². The molecule has 5 nitrogen and oxygen atoms in total. The van der Waals surface area contributed by atoms with Crippen LogP contribution >= 0.6 is 11.3 Å². The van der Waals surface area contributed by atoms with Crippen molar-refractivity contribution in [3.8, 4) is 28.1 Å². The summed E-state index contributed by atoms with van der Waals surface area (Å²) in [7, 11) is 1.55. The molecule has 1 aromatic heterocycles. The van der Waals surface area contributed by atoms with Gasteiger partial charge < -0.3 is 9.47 Å². The van der Waals surface area contributed by atoms with Crippen LogP contribution in [-0.4, -0.2) is 24.5 Å². The molecule has 0 saturated carbocycles. The van der Waals surface area contributed by atoms with Gasteiger partial charge in [0.2, 0.25) is 5.78 Å². The lowest BCUT2D eigenvalue weighted by atomic mass is 9.94. The van der Waals surface area contributed by atoms with Crippen molar-refractivity contribution in [1.29, 1.82) is 5.26 Å². The molecule has 0 fully saturated rings. The summed E-state index contributed by atoms with van der Waals surface area (Å²) in [5, 5.41) is 9.56. The van der Waals surface area contributed by atoms with E-state index in [0.717, 1.165) is 38.7 Å². The van der Waals surface area contributed by atoms with Crippen molar-refractivity contribution in [3.63, 3.8) is 0 Å². The van der Waals surface area contributed by atoms with Crippen molar-refractivity contribution in [2.45, 2.75) is 12.8 Å². The van der Waals surface area contributed by atoms with Crippen LogP contribution in [-0.2, 0) is 6.42 Å². The molecule has 4 rings (SSSR count). The first-order valence-electron chi connectivity index (χ1n) is 9.18. The highest BCUT2D eigenvalue weighted by Gasteiger charge is 2.26. The molecule has 0 unspecified atom stereocenters. The SMILES string of the molecule is COc1cc(/C=C2\CCc3nc(-c4ccccc4)sc3C2=O)ccc1OCC#N. The Kier molecular flexibility index (Phi) is 5.41. The maximum Gasteiger partial charge on any atom is 0.200 e. The zero-order valence-electron chi connectivity index (χ0n) is 15.8. The Balaban J connectivity index is 1.61. The topological polar surface area (TPSA) is 72.2 Å². The summed E-state index contributed by atoms with van der Waals surface area (Å²) in [5.74, 6) is 1.07. The number of benzene rings is 2. The molecule has 0 aliphatic heterocycles. The average Bonchev–Trinajstić information content (AvgIpc) is 3.20. The van der Waals surface area contributed by atoms with Gasteiger partial charge in [0.15, 0.2) is 18.1 Å². The number of aromatic nitrogens is 1. The first kappa shape index (κ1) is 18.9. The smallest absolute Gasteiger partial charge is 0.200 e. The summed E-state index contributed by atoms with van der Waals surface area (Å²) in [4.78, 5) is 18.5. The second-order valence-electron chi connectivity index (χ2n) is 6.52. The van der Waals surface area contributed by atoms with E-state index in [4.69, 9.17) is 14.7 Å². The number of methoxy groups -OCH3 is 1. The number of ketones is 1. The van der Waals surface area contributed by atoms with Gasteiger partial charge in [-0.25, -0.2) is 4.98 Å². The molecule has 0 saturated heterocycles. The number of fused-ring (bicyclic) bond motifs is 1. The number of ether oxygens (including phenoxy) is 2. The van der Waals surface area contributed by atoms with Gasteiger partial charge in [0, 0.05) is 11.1 Å². The van der Waals surface area contributed by atoms with E-state index in [1.165, 1.54) is 11.3 Å². The lowest BCUT2D eigenvalue weighted by Gasteiger charge is -2.13. The Labute approximate surface area is 172 Å². The fourth-order valence-corrected chi connectivity index (χ4v) is 4.35. The minimum atomic E-state index is -0.0484. The number of hydrogen-bond acceptors (Lipinski definition) is 6. The minimum Gasteiger partial charge on any atom is -0.493 e. The number of aryl methyl sites for hydroxylation is 1. The number of thiazole rings is 1. The highest BCUT2D eigenvalue weighted by molar-refractivity contribution is 7.17. The van der Waals surface area contributed by atoms with Crippen LogP contribution in [0.1, 0.15) is 27.3 Å². The van der Waals surface area contributed by atoms with E-state index in [1.807, 2.05) is 54.6 Å². The van der Waals surface area contributed by atoms with Crippen molar-refractivity contribution in [2.24, 2.45) is 0 Å². The number of rotatable bonds is 5. The fourth-order valence-electron chi connectivity index (χ4n) is 3.26. The van der Waals surface area contributed by atoms with Crippen LogP contribution in [0.15, 0.2) is 54.1 Å². The molecule has 6 heteroatoms. The summed E-state index contributed by atoms with van der Waals surface area (Å²) < 4.78 is 10.7. The van der Waals surface area contributed by atoms with E-state index in [9.17, 15) is 4.79 Å². The zero-order valence-corrected chi connectivity index (χ0v) is 16.7. The largest absolute Gasteiger partial charge is 0.493 e. The minimum absolute atomic E-state index is 0.0368. The van der Waals surface area contributed by atoms with Crippen LogP contribution in [0.3, 0.4) is 0 Å². The Morgan fingerprint density at radius 3 is 2.76 bits per heavy atom. The highest BCUT2D eigenvalue weighted by atomic mass is 32.1. The molecular weight excluding hydrogens is 384 g/mol. The van der Waals surface area contributed by atoms with Gasteiger partial charge in [0.05, 0.1) is 17.7 Å². The third kappa shape index (κ3) is 3.91. The lowest BCUT2D eigenvalue weighted by molar-refractivity contribution is 0.103. The van der Waals surface area contributed by atoms with Gasteiger partial charge in [-0.2, -0.15) is 5.26 Å². The first-order valence-corrected chi connectivity index (χ1v) is 9.99. The summed E-state index contributed by atoms with van der Waals surface area (Å²) >= 11 is 1.45. The van der Waals surface area contributed by atoms with Crippen molar-refractivity contribution in [3.05, 3.63) is 70.2 Å². The summed E-state index contributed by atoms with van der Waals surface area (Å²) in [6, 6.07) is 17.3. The molecule has 0 bridgehead atoms. The van der Waals surface area contributed by atoms with Crippen LogP contribution in [0.5, 0.6) is 11.5 Å². The number of hydrogen-bond donors (Lipinski definition) is 0. The molecule has 0 amide bonds.